The van der Waals surface area contributed by atoms with E-state index in [0.717, 1.165) is 12.8 Å². The average molecular weight is 228 g/mol. The summed E-state index contributed by atoms with van der Waals surface area (Å²) in [6.07, 6.45) is 3.23. The molecule has 0 aromatic rings. The Bertz CT molecular complexity index is 268. The molecule has 0 aromatic carbocycles. The topological polar surface area (TPSA) is 47.9 Å². The van der Waals surface area contributed by atoms with Crippen molar-refractivity contribution in [2.75, 3.05) is 7.11 Å². The average Bonchev–Trinajstić information content (AvgIpc) is 2.30. The molecule has 1 N–H and O–H groups in total. The van der Waals surface area contributed by atoms with E-state index in [4.69, 9.17) is 14.2 Å². The van der Waals surface area contributed by atoms with Crippen molar-refractivity contribution in [2.45, 2.75) is 56.4 Å². The van der Waals surface area contributed by atoms with Crippen LogP contribution in [-0.4, -0.2) is 42.4 Å². The number of methoxy groups -OCH3 is 1. The van der Waals surface area contributed by atoms with Gasteiger partial charge in [0.15, 0.2) is 6.29 Å². The van der Waals surface area contributed by atoms with Crippen LogP contribution in [0.15, 0.2) is 12.7 Å². The molecule has 1 unspecified atom stereocenters. The molecule has 16 heavy (non-hydrogen) atoms. The zero-order valence-corrected chi connectivity index (χ0v) is 9.89. The first-order valence-electron chi connectivity index (χ1n) is 5.77. The van der Waals surface area contributed by atoms with E-state index in [1.807, 2.05) is 6.92 Å². The van der Waals surface area contributed by atoms with Crippen molar-refractivity contribution in [3.8, 4) is 0 Å². The summed E-state index contributed by atoms with van der Waals surface area (Å²) in [6.45, 7) is 5.59. The SMILES string of the molecule is C=C[C@@]1(C)O[C@H]2CCC(OC)O[C@@H]2C[C@@H]1O. The van der Waals surface area contributed by atoms with Gasteiger partial charge in [-0.25, -0.2) is 0 Å². The Morgan fingerprint density at radius 3 is 2.81 bits per heavy atom. The number of aliphatic hydroxyl groups is 1. The predicted octanol–water partition coefficient (Wildman–Crippen LogP) is 1.23. The van der Waals surface area contributed by atoms with Crippen molar-refractivity contribution in [3.63, 3.8) is 0 Å². The lowest BCUT2D eigenvalue weighted by molar-refractivity contribution is -0.277. The van der Waals surface area contributed by atoms with Crippen LogP contribution in [0.25, 0.3) is 0 Å². The van der Waals surface area contributed by atoms with Gasteiger partial charge < -0.3 is 19.3 Å². The fraction of sp³-hybridized carbons (Fsp3) is 0.833. The molecule has 4 heteroatoms. The van der Waals surface area contributed by atoms with E-state index < -0.39 is 11.7 Å². The van der Waals surface area contributed by atoms with Crippen molar-refractivity contribution in [1.82, 2.24) is 0 Å². The van der Waals surface area contributed by atoms with Crippen LogP contribution in [0.5, 0.6) is 0 Å². The van der Waals surface area contributed by atoms with Gasteiger partial charge in [0.1, 0.15) is 5.60 Å². The first-order valence-corrected chi connectivity index (χ1v) is 5.77. The van der Waals surface area contributed by atoms with E-state index in [1.54, 1.807) is 13.2 Å². The molecule has 2 aliphatic rings. The monoisotopic (exact) mass is 228 g/mol. The molecule has 2 saturated heterocycles. The van der Waals surface area contributed by atoms with Crippen molar-refractivity contribution in [1.29, 1.82) is 0 Å². The van der Waals surface area contributed by atoms with Crippen LogP contribution >= 0.6 is 0 Å². The standard InChI is InChI=1S/C12H20O4/c1-4-12(2)10(13)7-9-8(16-12)5-6-11(14-3)15-9/h4,8-11,13H,1,5-7H2,2-3H3/t8-,9+,10-,11?,12+/m0/s1. The number of aliphatic hydroxyl groups excluding tert-OH is 1. The van der Waals surface area contributed by atoms with Gasteiger partial charge >= 0.3 is 0 Å². The minimum Gasteiger partial charge on any atom is -0.390 e. The van der Waals surface area contributed by atoms with Gasteiger partial charge in [0.25, 0.3) is 0 Å². The molecule has 0 spiro atoms. The van der Waals surface area contributed by atoms with Gasteiger partial charge in [0, 0.05) is 20.0 Å². The Labute approximate surface area is 96.2 Å². The van der Waals surface area contributed by atoms with Crippen LogP contribution in [0.3, 0.4) is 0 Å². The van der Waals surface area contributed by atoms with Gasteiger partial charge in [-0.15, -0.1) is 6.58 Å². The maximum atomic E-state index is 10.0. The molecule has 92 valence electrons. The van der Waals surface area contributed by atoms with Crippen molar-refractivity contribution in [2.24, 2.45) is 0 Å². The summed E-state index contributed by atoms with van der Waals surface area (Å²) >= 11 is 0. The Hall–Kier alpha value is -0.420. The Morgan fingerprint density at radius 2 is 2.19 bits per heavy atom. The largest absolute Gasteiger partial charge is 0.390 e. The molecule has 0 radical (unpaired) electrons. The van der Waals surface area contributed by atoms with E-state index in [-0.39, 0.29) is 18.5 Å². The van der Waals surface area contributed by atoms with Crippen molar-refractivity contribution in [3.05, 3.63) is 12.7 Å². The summed E-state index contributed by atoms with van der Waals surface area (Å²) in [6, 6.07) is 0. The van der Waals surface area contributed by atoms with Gasteiger partial charge in [0.05, 0.1) is 18.3 Å². The number of hydrogen-bond donors (Lipinski definition) is 1. The molecule has 2 rings (SSSR count). The minimum absolute atomic E-state index is 0.0396. The van der Waals surface area contributed by atoms with E-state index >= 15 is 0 Å². The molecule has 2 aliphatic heterocycles. The predicted molar refractivity (Wildman–Crippen MR) is 59.0 cm³/mol. The van der Waals surface area contributed by atoms with Crippen LogP contribution in [0.2, 0.25) is 0 Å². The fourth-order valence-corrected chi connectivity index (χ4v) is 2.40. The second-order valence-electron chi connectivity index (χ2n) is 4.71. The van der Waals surface area contributed by atoms with Gasteiger partial charge in [-0.2, -0.15) is 0 Å². The molecule has 0 saturated carbocycles. The molecular formula is C12H20O4. The molecule has 0 amide bonds. The third kappa shape index (κ3) is 2.02. The van der Waals surface area contributed by atoms with E-state index in [9.17, 15) is 5.11 Å². The molecule has 2 heterocycles. The van der Waals surface area contributed by atoms with Crippen LogP contribution in [0.4, 0.5) is 0 Å². The summed E-state index contributed by atoms with van der Waals surface area (Å²) in [5.41, 5.74) is -0.648. The van der Waals surface area contributed by atoms with Crippen LogP contribution in [0.1, 0.15) is 26.2 Å². The quantitative estimate of drug-likeness (QED) is 0.722. The molecule has 0 aliphatic carbocycles. The van der Waals surface area contributed by atoms with Gasteiger partial charge in [0.2, 0.25) is 0 Å². The highest BCUT2D eigenvalue weighted by molar-refractivity contribution is 5.05. The Morgan fingerprint density at radius 1 is 1.44 bits per heavy atom. The highest BCUT2D eigenvalue weighted by Gasteiger charge is 2.46. The molecule has 5 atom stereocenters. The summed E-state index contributed by atoms with van der Waals surface area (Å²) < 4.78 is 16.8. The first-order chi connectivity index (χ1) is 7.59. The molecular weight excluding hydrogens is 208 g/mol. The van der Waals surface area contributed by atoms with Crippen molar-refractivity contribution < 1.29 is 19.3 Å². The summed E-state index contributed by atoms with van der Waals surface area (Å²) in [5, 5.41) is 10.0. The van der Waals surface area contributed by atoms with Gasteiger partial charge in [-0.05, 0) is 13.3 Å². The second kappa shape index (κ2) is 4.45. The van der Waals surface area contributed by atoms with Crippen LogP contribution < -0.4 is 0 Å². The molecule has 4 nitrogen and oxygen atoms in total. The zero-order chi connectivity index (χ0) is 11.8. The fourth-order valence-electron chi connectivity index (χ4n) is 2.40. The Balaban J connectivity index is 2.05. The molecule has 0 aromatic heterocycles. The lowest BCUT2D eigenvalue weighted by Gasteiger charge is -2.47. The van der Waals surface area contributed by atoms with E-state index in [0.29, 0.717) is 6.42 Å². The molecule has 2 fully saturated rings. The smallest absolute Gasteiger partial charge is 0.157 e. The lowest BCUT2D eigenvalue weighted by atomic mass is 9.86. The van der Waals surface area contributed by atoms with Gasteiger partial charge in [-0.3, -0.25) is 0 Å². The third-order valence-corrected chi connectivity index (χ3v) is 3.62. The van der Waals surface area contributed by atoms with Crippen LogP contribution in [-0.2, 0) is 14.2 Å². The highest BCUT2D eigenvalue weighted by Crippen LogP contribution is 2.37. The number of rotatable bonds is 2. The third-order valence-electron chi connectivity index (χ3n) is 3.62. The normalized spacial score (nSPS) is 48.4. The summed E-state index contributed by atoms with van der Waals surface area (Å²) in [5.74, 6) is 0. The number of fused-ring (bicyclic) bond motifs is 1. The highest BCUT2D eigenvalue weighted by atomic mass is 16.7. The second-order valence-corrected chi connectivity index (χ2v) is 4.71. The summed E-state index contributed by atoms with van der Waals surface area (Å²) in [4.78, 5) is 0. The van der Waals surface area contributed by atoms with E-state index in [2.05, 4.69) is 6.58 Å². The maximum absolute atomic E-state index is 10.0. The zero-order valence-electron chi connectivity index (χ0n) is 9.89. The first kappa shape index (κ1) is 12.0. The minimum atomic E-state index is -0.648. The number of ether oxygens (including phenoxy) is 3. The Kier molecular flexibility index (Phi) is 3.35. The van der Waals surface area contributed by atoms with Crippen molar-refractivity contribution >= 4 is 0 Å². The number of hydrogen-bond acceptors (Lipinski definition) is 4. The summed E-state index contributed by atoms with van der Waals surface area (Å²) in [7, 11) is 1.64. The lowest BCUT2D eigenvalue weighted by Crippen LogP contribution is -2.56. The maximum Gasteiger partial charge on any atom is 0.157 e. The van der Waals surface area contributed by atoms with E-state index in [1.165, 1.54) is 0 Å². The van der Waals surface area contributed by atoms with Crippen LogP contribution in [0, 0.1) is 0 Å². The van der Waals surface area contributed by atoms with Gasteiger partial charge in [-0.1, -0.05) is 6.08 Å². The molecule has 0 bridgehead atoms.